The molecule has 0 aromatic carbocycles. The first-order valence-corrected chi connectivity index (χ1v) is 7.66. The predicted molar refractivity (Wildman–Crippen MR) is 67.5 cm³/mol. The molecular formula is C11H19N3O3S. The van der Waals surface area contributed by atoms with E-state index in [0.29, 0.717) is 24.0 Å². The van der Waals surface area contributed by atoms with Gasteiger partial charge in [0.2, 0.25) is 10.0 Å². The van der Waals surface area contributed by atoms with E-state index in [4.69, 9.17) is 4.52 Å². The molecule has 1 fully saturated rings. The molecule has 1 aromatic heterocycles. The Labute approximate surface area is 107 Å². The van der Waals surface area contributed by atoms with Crippen LogP contribution in [0.5, 0.6) is 0 Å². The highest BCUT2D eigenvalue weighted by Crippen LogP contribution is 2.18. The smallest absolute Gasteiger partial charge is 0.215 e. The molecule has 0 amide bonds. The van der Waals surface area contributed by atoms with Gasteiger partial charge in [-0.3, -0.25) is 0 Å². The summed E-state index contributed by atoms with van der Waals surface area (Å²) < 4.78 is 31.3. The maximum Gasteiger partial charge on any atom is 0.215 e. The molecule has 2 rings (SSSR count). The summed E-state index contributed by atoms with van der Waals surface area (Å²) in [6.07, 6.45) is 2.30. The van der Waals surface area contributed by atoms with Crippen molar-refractivity contribution in [3.05, 3.63) is 17.5 Å². The largest absolute Gasteiger partial charge is 0.361 e. The molecule has 0 aliphatic heterocycles. The lowest BCUT2D eigenvalue weighted by Crippen LogP contribution is -2.39. The van der Waals surface area contributed by atoms with E-state index in [0.717, 1.165) is 12.8 Å². The number of hydrogen-bond donors (Lipinski definition) is 2. The summed E-state index contributed by atoms with van der Waals surface area (Å²) in [6, 6.07) is 2.23. The van der Waals surface area contributed by atoms with Crippen molar-refractivity contribution >= 4 is 10.0 Å². The minimum Gasteiger partial charge on any atom is -0.361 e. The zero-order valence-corrected chi connectivity index (χ0v) is 11.5. The molecule has 0 radical (unpaired) electrons. The van der Waals surface area contributed by atoms with E-state index >= 15 is 0 Å². The molecule has 1 saturated carbocycles. The van der Waals surface area contributed by atoms with Crippen LogP contribution in [0.25, 0.3) is 0 Å². The average molecular weight is 273 g/mol. The molecular weight excluding hydrogens is 254 g/mol. The Morgan fingerprint density at radius 3 is 2.83 bits per heavy atom. The first kappa shape index (κ1) is 13.5. The Balaban J connectivity index is 1.81. The Morgan fingerprint density at radius 1 is 1.56 bits per heavy atom. The van der Waals surface area contributed by atoms with Gasteiger partial charge in [-0.05, 0) is 26.7 Å². The molecule has 1 aliphatic carbocycles. The minimum atomic E-state index is -3.31. The van der Waals surface area contributed by atoms with E-state index in [9.17, 15) is 8.42 Å². The van der Waals surface area contributed by atoms with Crippen molar-refractivity contribution in [2.24, 2.45) is 0 Å². The molecule has 18 heavy (non-hydrogen) atoms. The molecule has 1 aromatic rings. The number of sulfonamides is 1. The van der Waals surface area contributed by atoms with Gasteiger partial charge in [0, 0.05) is 18.7 Å². The monoisotopic (exact) mass is 273 g/mol. The van der Waals surface area contributed by atoms with Gasteiger partial charge in [-0.2, -0.15) is 0 Å². The van der Waals surface area contributed by atoms with E-state index in [-0.39, 0.29) is 6.54 Å². The van der Waals surface area contributed by atoms with Gasteiger partial charge in [-0.25, -0.2) is 13.1 Å². The molecule has 1 unspecified atom stereocenters. The van der Waals surface area contributed by atoms with Gasteiger partial charge in [-0.1, -0.05) is 5.16 Å². The number of hydrogen-bond acceptors (Lipinski definition) is 5. The topological polar surface area (TPSA) is 84.2 Å². The zero-order valence-electron chi connectivity index (χ0n) is 10.6. The quantitative estimate of drug-likeness (QED) is 0.757. The fraction of sp³-hybridized carbons (Fsp3) is 0.727. The van der Waals surface area contributed by atoms with Crippen LogP contribution in [0, 0.1) is 6.92 Å². The standard InChI is InChI=1S/C11H19N3O3S/c1-8-5-11(14-17-8)7-13-18(15,16)9(2)6-12-10-3-4-10/h5,9-10,12-13H,3-4,6-7H2,1-2H3. The number of rotatable bonds is 7. The molecule has 6 nitrogen and oxygen atoms in total. The fourth-order valence-electron chi connectivity index (χ4n) is 1.55. The van der Waals surface area contributed by atoms with Gasteiger partial charge in [0.1, 0.15) is 5.76 Å². The molecule has 0 saturated heterocycles. The van der Waals surface area contributed by atoms with Crippen molar-refractivity contribution in [1.29, 1.82) is 0 Å². The number of nitrogens with one attached hydrogen (secondary N) is 2. The summed E-state index contributed by atoms with van der Waals surface area (Å²) in [5.74, 6) is 0.674. The number of aryl methyl sites for hydroxylation is 1. The van der Waals surface area contributed by atoms with Crippen molar-refractivity contribution < 1.29 is 12.9 Å². The highest BCUT2D eigenvalue weighted by atomic mass is 32.2. The minimum absolute atomic E-state index is 0.174. The van der Waals surface area contributed by atoms with Gasteiger partial charge in [0.25, 0.3) is 0 Å². The highest BCUT2D eigenvalue weighted by molar-refractivity contribution is 7.90. The van der Waals surface area contributed by atoms with E-state index in [1.165, 1.54) is 0 Å². The summed E-state index contributed by atoms with van der Waals surface area (Å²) in [7, 11) is -3.31. The van der Waals surface area contributed by atoms with Gasteiger partial charge in [0.15, 0.2) is 0 Å². The van der Waals surface area contributed by atoms with E-state index in [1.54, 1.807) is 19.9 Å². The van der Waals surface area contributed by atoms with Crippen molar-refractivity contribution in [2.45, 2.75) is 44.5 Å². The molecule has 1 heterocycles. The van der Waals surface area contributed by atoms with Crippen LogP contribution in [0.3, 0.4) is 0 Å². The zero-order chi connectivity index (χ0) is 13.2. The van der Waals surface area contributed by atoms with Gasteiger partial charge in [0.05, 0.1) is 17.5 Å². The number of nitrogens with zero attached hydrogens (tertiary/aromatic N) is 1. The normalized spacial score (nSPS) is 17.9. The summed E-state index contributed by atoms with van der Waals surface area (Å²) in [5, 5.41) is 6.50. The van der Waals surface area contributed by atoms with Crippen molar-refractivity contribution in [3.8, 4) is 0 Å². The highest BCUT2D eigenvalue weighted by Gasteiger charge is 2.25. The van der Waals surface area contributed by atoms with E-state index < -0.39 is 15.3 Å². The Bertz CT molecular complexity index is 493. The molecule has 2 N–H and O–H groups in total. The van der Waals surface area contributed by atoms with Crippen molar-refractivity contribution in [2.75, 3.05) is 6.54 Å². The third kappa shape index (κ3) is 3.79. The van der Waals surface area contributed by atoms with Crippen LogP contribution in [0.15, 0.2) is 10.6 Å². The van der Waals surface area contributed by atoms with Crippen LogP contribution in [0.4, 0.5) is 0 Å². The van der Waals surface area contributed by atoms with Crippen LogP contribution in [-0.4, -0.2) is 31.4 Å². The molecule has 102 valence electrons. The van der Waals surface area contributed by atoms with Crippen molar-refractivity contribution in [1.82, 2.24) is 15.2 Å². The molecule has 0 bridgehead atoms. The van der Waals surface area contributed by atoms with E-state index in [2.05, 4.69) is 15.2 Å². The second-order valence-electron chi connectivity index (χ2n) is 4.79. The second kappa shape index (κ2) is 5.38. The van der Waals surface area contributed by atoms with Crippen LogP contribution in [0.1, 0.15) is 31.2 Å². The third-order valence-electron chi connectivity index (χ3n) is 2.93. The maximum atomic E-state index is 11.9. The van der Waals surface area contributed by atoms with Crippen LogP contribution >= 0.6 is 0 Å². The second-order valence-corrected chi connectivity index (χ2v) is 6.97. The molecule has 1 aliphatic rings. The Morgan fingerprint density at radius 2 is 2.28 bits per heavy atom. The summed E-state index contributed by atoms with van der Waals surface area (Å²) in [6.45, 7) is 4.13. The lowest BCUT2D eigenvalue weighted by molar-refractivity contribution is 0.390. The lowest BCUT2D eigenvalue weighted by Gasteiger charge is -2.13. The predicted octanol–water partition coefficient (Wildman–Crippen LogP) is 0.543. The first-order chi connectivity index (χ1) is 8.47. The van der Waals surface area contributed by atoms with E-state index in [1.807, 2.05) is 0 Å². The Hall–Kier alpha value is -0.920. The third-order valence-corrected chi connectivity index (χ3v) is 4.71. The summed E-state index contributed by atoms with van der Waals surface area (Å²) in [5.41, 5.74) is 0.596. The van der Waals surface area contributed by atoms with Crippen LogP contribution < -0.4 is 10.0 Å². The van der Waals surface area contributed by atoms with Gasteiger partial charge < -0.3 is 9.84 Å². The first-order valence-electron chi connectivity index (χ1n) is 6.11. The molecule has 7 heteroatoms. The van der Waals surface area contributed by atoms with Gasteiger partial charge >= 0.3 is 0 Å². The van der Waals surface area contributed by atoms with Crippen LogP contribution in [0.2, 0.25) is 0 Å². The Kier molecular flexibility index (Phi) is 4.04. The van der Waals surface area contributed by atoms with Gasteiger partial charge in [-0.15, -0.1) is 0 Å². The molecule has 0 spiro atoms. The lowest BCUT2D eigenvalue weighted by atomic mass is 10.4. The average Bonchev–Trinajstić information content (AvgIpc) is 3.06. The number of aromatic nitrogens is 1. The van der Waals surface area contributed by atoms with Crippen LogP contribution in [-0.2, 0) is 16.6 Å². The maximum absolute atomic E-state index is 11.9. The molecule has 1 atom stereocenters. The van der Waals surface area contributed by atoms with Crippen molar-refractivity contribution in [3.63, 3.8) is 0 Å². The fourth-order valence-corrected chi connectivity index (χ4v) is 2.50. The summed E-state index contributed by atoms with van der Waals surface area (Å²) >= 11 is 0. The summed E-state index contributed by atoms with van der Waals surface area (Å²) in [4.78, 5) is 0. The SMILES string of the molecule is Cc1cc(CNS(=O)(=O)C(C)CNC2CC2)no1.